The summed E-state index contributed by atoms with van der Waals surface area (Å²) >= 11 is 0. The van der Waals surface area contributed by atoms with Gasteiger partial charge in [0, 0.05) is 32.9 Å². The predicted molar refractivity (Wildman–Crippen MR) is 126 cm³/mol. The van der Waals surface area contributed by atoms with Crippen molar-refractivity contribution in [2.45, 2.75) is 29.5 Å². The largest absolute Gasteiger partial charge is 0.416 e. The highest BCUT2D eigenvalue weighted by Crippen LogP contribution is 2.40. The second-order valence-electron chi connectivity index (χ2n) is 9.16. The molecule has 2 aromatic carbocycles. The van der Waals surface area contributed by atoms with Gasteiger partial charge in [0.05, 0.1) is 17.1 Å². The van der Waals surface area contributed by atoms with E-state index in [1.54, 1.807) is 14.1 Å². The molecular weight excluding hydrogens is 497 g/mol. The fourth-order valence-corrected chi connectivity index (χ4v) is 6.19. The van der Waals surface area contributed by atoms with Gasteiger partial charge in [0.1, 0.15) is 12.1 Å². The number of anilines is 1. The molecule has 36 heavy (non-hydrogen) atoms. The van der Waals surface area contributed by atoms with Crippen LogP contribution in [0.25, 0.3) is 0 Å². The van der Waals surface area contributed by atoms with Gasteiger partial charge in [-0.15, -0.1) is 0 Å². The van der Waals surface area contributed by atoms with Crippen molar-refractivity contribution >= 4 is 27.5 Å². The minimum Gasteiger partial charge on any atom is -0.347 e. The van der Waals surface area contributed by atoms with Crippen LogP contribution >= 0.6 is 0 Å². The summed E-state index contributed by atoms with van der Waals surface area (Å²) < 4.78 is 66.9. The summed E-state index contributed by atoms with van der Waals surface area (Å²) in [5.41, 5.74) is -1.34. The Hall–Kier alpha value is -3.12. The third-order valence-corrected chi connectivity index (χ3v) is 8.65. The van der Waals surface area contributed by atoms with Crippen LogP contribution in [0.1, 0.15) is 18.4 Å². The lowest BCUT2D eigenvalue weighted by molar-refractivity contribution is -0.139. The van der Waals surface area contributed by atoms with Crippen LogP contribution in [-0.4, -0.2) is 80.3 Å². The van der Waals surface area contributed by atoms with Gasteiger partial charge in [0.25, 0.3) is 0 Å². The van der Waals surface area contributed by atoms with E-state index < -0.39 is 32.2 Å². The molecule has 2 aliphatic heterocycles. The van der Waals surface area contributed by atoms with Crippen LogP contribution in [-0.2, 0) is 25.8 Å². The molecule has 0 unspecified atom stereocenters. The van der Waals surface area contributed by atoms with Crippen LogP contribution in [0.5, 0.6) is 0 Å². The minimum atomic E-state index is -4.67. The molecule has 8 nitrogen and oxygen atoms in total. The van der Waals surface area contributed by atoms with Crippen molar-refractivity contribution in [1.29, 1.82) is 0 Å². The zero-order valence-electron chi connectivity index (χ0n) is 19.9. The lowest BCUT2D eigenvalue weighted by atomic mass is 9.86. The van der Waals surface area contributed by atoms with Gasteiger partial charge in [-0.05, 0) is 43.2 Å². The highest BCUT2D eigenvalue weighted by Gasteiger charge is 2.55. The minimum absolute atomic E-state index is 0.0525. The van der Waals surface area contributed by atoms with Gasteiger partial charge in [-0.3, -0.25) is 9.59 Å². The van der Waals surface area contributed by atoms with Crippen LogP contribution in [0, 0.1) is 0 Å². The monoisotopic (exact) mass is 524 g/mol. The number of carbonyl (C=O) groups is 2. The maximum absolute atomic E-state index is 13.6. The third kappa shape index (κ3) is 4.66. The number of nitrogens with zero attached hydrogens (tertiary/aromatic N) is 4. The Morgan fingerprint density at radius 1 is 1.03 bits per heavy atom. The third-order valence-electron chi connectivity index (χ3n) is 6.76. The molecule has 0 atom stereocenters. The summed E-state index contributed by atoms with van der Waals surface area (Å²) in [5.74, 6) is -0.504. The van der Waals surface area contributed by atoms with Crippen molar-refractivity contribution in [3.05, 3.63) is 60.2 Å². The molecule has 0 aliphatic carbocycles. The molecule has 194 valence electrons. The topological polar surface area (TPSA) is 81.2 Å². The molecule has 0 N–H and O–H groups in total. The standard InChI is InChI=1S/C24H27F3N4O4S/c1-28(2)21(32)16-29-17-31(19-8-4-3-5-9-19)23(22(29)33)11-13-30(14-12-23)36(34,35)20-10-6-7-18(15-20)24(25,26)27/h3-10,15H,11-14,16-17H2,1-2H3. The highest BCUT2D eigenvalue weighted by atomic mass is 32.2. The van der Waals surface area contributed by atoms with E-state index >= 15 is 0 Å². The molecule has 2 aliphatic rings. The molecule has 0 aromatic heterocycles. The van der Waals surface area contributed by atoms with Crippen LogP contribution in [0.4, 0.5) is 18.9 Å². The summed E-state index contributed by atoms with van der Waals surface area (Å²) in [6.45, 7) is -0.0434. The van der Waals surface area contributed by atoms with Gasteiger partial charge in [0.15, 0.2) is 0 Å². The molecule has 1 spiro atoms. The molecule has 2 saturated heterocycles. The van der Waals surface area contributed by atoms with E-state index in [4.69, 9.17) is 0 Å². The fourth-order valence-electron chi connectivity index (χ4n) is 4.71. The molecule has 2 fully saturated rings. The number of piperidine rings is 1. The number of likely N-dealkylation sites (N-methyl/N-ethyl adjacent to an activating group) is 1. The molecule has 4 rings (SSSR count). The summed E-state index contributed by atoms with van der Waals surface area (Å²) in [4.78, 5) is 30.3. The zero-order chi connectivity index (χ0) is 26.3. The number of rotatable bonds is 5. The molecular formula is C24H27F3N4O4S. The maximum Gasteiger partial charge on any atom is 0.416 e. The molecule has 0 saturated carbocycles. The molecule has 2 heterocycles. The first kappa shape index (κ1) is 26.0. The van der Waals surface area contributed by atoms with Gasteiger partial charge in [-0.2, -0.15) is 17.5 Å². The summed E-state index contributed by atoms with van der Waals surface area (Å²) in [5, 5.41) is 0. The van der Waals surface area contributed by atoms with Crippen molar-refractivity contribution < 1.29 is 31.2 Å². The number of hydrogen-bond acceptors (Lipinski definition) is 5. The highest BCUT2D eigenvalue weighted by molar-refractivity contribution is 7.89. The Labute approximate surface area is 207 Å². The SMILES string of the molecule is CN(C)C(=O)CN1CN(c2ccccc2)C2(CCN(S(=O)(=O)c3cccc(C(F)(F)F)c3)CC2)C1=O. The Kier molecular flexibility index (Phi) is 6.78. The molecule has 12 heteroatoms. The number of para-hydroxylation sites is 1. The van der Waals surface area contributed by atoms with E-state index in [1.807, 2.05) is 35.2 Å². The zero-order valence-corrected chi connectivity index (χ0v) is 20.7. The van der Waals surface area contributed by atoms with Crippen molar-refractivity contribution in [1.82, 2.24) is 14.1 Å². The fraction of sp³-hybridized carbons (Fsp3) is 0.417. The van der Waals surface area contributed by atoms with Crippen molar-refractivity contribution in [3.63, 3.8) is 0 Å². The number of amides is 2. The second-order valence-corrected chi connectivity index (χ2v) is 11.1. The van der Waals surface area contributed by atoms with Crippen LogP contribution in [0.2, 0.25) is 0 Å². The van der Waals surface area contributed by atoms with Gasteiger partial charge >= 0.3 is 6.18 Å². The Morgan fingerprint density at radius 2 is 1.67 bits per heavy atom. The van der Waals surface area contributed by atoms with E-state index in [0.717, 1.165) is 28.2 Å². The van der Waals surface area contributed by atoms with E-state index in [-0.39, 0.29) is 51.0 Å². The van der Waals surface area contributed by atoms with Gasteiger partial charge in [-0.25, -0.2) is 8.42 Å². The van der Waals surface area contributed by atoms with Crippen molar-refractivity contribution in [3.8, 4) is 0 Å². The van der Waals surface area contributed by atoms with Crippen LogP contribution in [0.15, 0.2) is 59.5 Å². The van der Waals surface area contributed by atoms with Crippen LogP contribution in [0.3, 0.4) is 0 Å². The normalized spacial score (nSPS) is 18.6. The second kappa shape index (κ2) is 9.40. The van der Waals surface area contributed by atoms with E-state index in [9.17, 15) is 31.2 Å². The smallest absolute Gasteiger partial charge is 0.347 e. The van der Waals surface area contributed by atoms with Crippen LogP contribution < -0.4 is 4.90 Å². The Balaban J connectivity index is 1.61. The van der Waals surface area contributed by atoms with Gasteiger partial charge in [0.2, 0.25) is 21.8 Å². The van der Waals surface area contributed by atoms with Crippen molar-refractivity contribution in [2.75, 3.05) is 45.3 Å². The molecule has 2 amide bonds. The van der Waals surface area contributed by atoms with E-state index in [2.05, 4.69) is 0 Å². The van der Waals surface area contributed by atoms with Gasteiger partial charge < -0.3 is 14.7 Å². The number of sulfonamides is 1. The number of carbonyl (C=O) groups excluding carboxylic acids is 2. The number of hydrogen-bond donors (Lipinski definition) is 0. The molecule has 0 bridgehead atoms. The number of halogens is 3. The first-order valence-corrected chi connectivity index (χ1v) is 12.8. The lowest BCUT2D eigenvalue weighted by Gasteiger charge is -2.42. The molecule has 2 aromatic rings. The predicted octanol–water partition coefficient (Wildman–Crippen LogP) is 2.62. The Morgan fingerprint density at radius 3 is 2.25 bits per heavy atom. The summed E-state index contributed by atoms with van der Waals surface area (Å²) in [7, 11) is -1.00. The average Bonchev–Trinajstić information content (AvgIpc) is 3.10. The van der Waals surface area contributed by atoms with Crippen molar-refractivity contribution in [2.24, 2.45) is 0 Å². The maximum atomic E-state index is 13.6. The number of alkyl halides is 3. The molecule has 0 radical (unpaired) electrons. The first-order valence-electron chi connectivity index (χ1n) is 11.4. The van der Waals surface area contributed by atoms with E-state index in [0.29, 0.717) is 6.07 Å². The average molecular weight is 525 g/mol. The Bertz CT molecular complexity index is 1240. The first-order chi connectivity index (χ1) is 16.9. The van der Waals surface area contributed by atoms with Gasteiger partial charge in [-0.1, -0.05) is 24.3 Å². The number of benzene rings is 2. The quantitative estimate of drug-likeness (QED) is 0.601. The lowest BCUT2D eigenvalue weighted by Crippen LogP contribution is -2.57. The van der Waals surface area contributed by atoms with E-state index in [1.165, 1.54) is 9.80 Å². The summed E-state index contributed by atoms with van der Waals surface area (Å²) in [6, 6.07) is 12.8. The summed E-state index contributed by atoms with van der Waals surface area (Å²) in [6.07, 6.45) is -4.41.